The SMILES string of the molecule is Cn1cc(S(=O)(=O)NC2(C(F)(F)F)CC2)c(Cl)c1C(=O)Nc1ccc(F)c(C#N)c1. The minimum atomic E-state index is -4.78. The quantitative estimate of drug-likeness (QED) is 0.662. The Morgan fingerprint density at radius 1 is 1.33 bits per heavy atom. The smallest absolute Gasteiger partial charge is 0.344 e. The van der Waals surface area contributed by atoms with Gasteiger partial charge in [0, 0.05) is 18.9 Å². The summed E-state index contributed by atoms with van der Waals surface area (Å²) in [7, 11) is -3.41. The van der Waals surface area contributed by atoms with E-state index in [0.29, 0.717) is 0 Å². The van der Waals surface area contributed by atoms with Gasteiger partial charge in [-0.2, -0.15) is 23.2 Å². The number of halogens is 5. The molecule has 160 valence electrons. The second kappa shape index (κ2) is 7.26. The van der Waals surface area contributed by atoms with Crippen molar-refractivity contribution in [2.75, 3.05) is 5.32 Å². The molecule has 13 heteroatoms. The predicted octanol–water partition coefficient (Wildman–Crippen LogP) is 3.31. The molecule has 0 bridgehead atoms. The highest BCUT2D eigenvalue weighted by Gasteiger charge is 2.65. The molecule has 1 heterocycles. The summed E-state index contributed by atoms with van der Waals surface area (Å²) in [6, 6.07) is 4.78. The zero-order chi connectivity index (χ0) is 22.5. The summed E-state index contributed by atoms with van der Waals surface area (Å²) >= 11 is 6.03. The zero-order valence-corrected chi connectivity index (χ0v) is 16.7. The molecule has 1 aromatic carbocycles. The van der Waals surface area contributed by atoms with E-state index in [2.05, 4.69) is 5.32 Å². The summed E-state index contributed by atoms with van der Waals surface area (Å²) in [5.74, 6) is -1.71. The third-order valence-electron chi connectivity index (χ3n) is 4.56. The van der Waals surface area contributed by atoms with Crippen LogP contribution in [0.3, 0.4) is 0 Å². The number of sulfonamides is 1. The lowest BCUT2D eigenvalue weighted by Gasteiger charge is -2.20. The first kappa shape index (κ1) is 22.1. The fourth-order valence-electron chi connectivity index (χ4n) is 2.78. The van der Waals surface area contributed by atoms with Crippen LogP contribution in [-0.2, 0) is 17.1 Å². The number of aryl methyl sites for hydroxylation is 1. The number of carbonyl (C=O) groups is 1. The molecule has 30 heavy (non-hydrogen) atoms. The number of nitriles is 1. The van der Waals surface area contributed by atoms with E-state index in [1.807, 2.05) is 0 Å². The molecule has 7 nitrogen and oxygen atoms in total. The van der Waals surface area contributed by atoms with E-state index in [0.717, 1.165) is 22.9 Å². The number of rotatable bonds is 5. The number of nitrogens with one attached hydrogen (secondary N) is 2. The second-order valence-corrected chi connectivity index (χ2v) is 8.74. The third kappa shape index (κ3) is 3.88. The van der Waals surface area contributed by atoms with E-state index in [9.17, 15) is 30.8 Å². The van der Waals surface area contributed by atoms with Gasteiger partial charge in [-0.05, 0) is 31.0 Å². The Hall–Kier alpha value is -2.62. The summed E-state index contributed by atoms with van der Waals surface area (Å²) in [4.78, 5) is 11.9. The Kier molecular flexibility index (Phi) is 5.34. The van der Waals surface area contributed by atoms with Gasteiger partial charge in [-0.25, -0.2) is 12.8 Å². The van der Waals surface area contributed by atoms with Gasteiger partial charge in [0.1, 0.15) is 28.0 Å². The Morgan fingerprint density at radius 3 is 2.50 bits per heavy atom. The Morgan fingerprint density at radius 2 is 1.97 bits per heavy atom. The number of amides is 1. The van der Waals surface area contributed by atoms with E-state index in [4.69, 9.17) is 16.9 Å². The van der Waals surface area contributed by atoms with Gasteiger partial charge in [0.2, 0.25) is 10.0 Å². The van der Waals surface area contributed by atoms with Gasteiger partial charge in [-0.15, -0.1) is 0 Å². The first-order valence-corrected chi connectivity index (χ1v) is 10.1. The molecule has 0 atom stereocenters. The van der Waals surface area contributed by atoms with Crippen molar-refractivity contribution in [3.8, 4) is 6.07 Å². The molecule has 2 aromatic rings. The van der Waals surface area contributed by atoms with Crippen LogP contribution in [0.5, 0.6) is 0 Å². The summed E-state index contributed by atoms with van der Waals surface area (Å²) in [5, 5.41) is 10.6. The first-order valence-electron chi connectivity index (χ1n) is 8.28. The molecule has 1 saturated carbocycles. The average Bonchev–Trinajstić information content (AvgIpc) is 3.34. The molecule has 0 radical (unpaired) electrons. The zero-order valence-electron chi connectivity index (χ0n) is 15.1. The van der Waals surface area contributed by atoms with Crippen LogP contribution < -0.4 is 10.0 Å². The molecule has 0 spiro atoms. The van der Waals surface area contributed by atoms with Crippen LogP contribution >= 0.6 is 11.6 Å². The van der Waals surface area contributed by atoms with Gasteiger partial charge in [0.05, 0.1) is 10.6 Å². The average molecular weight is 465 g/mol. The van der Waals surface area contributed by atoms with Crippen molar-refractivity contribution < 1.29 is 30.8 Å². The number of hydrogen-bond acceptors (Lipinski definition) is 4. The van der Waals surface area contributed by atoms with Crippen LogP contribution in [0.25, 0.3) is 0 Å². The lowest BCUT2D eigenvalue weighted by atomic mass is 10.2. The highest BCUT2D eigenvalue weighted by Crippen LogP contribution is 2.50. The number of aromatic nitrogens is 1. The maximum Gasteiger partial charge on any atom is 0.407 e. The normalized spacial score (nSPS) is 15.5. The maximum absolute atomic E-state index is 13.4. The Balaban J connectivity index is 1.90. The molecule has 1 amide bonds. The number of carbonyl (C=O) groups excluding carboxylic acids is 1. The van der Waals surface area contributed by atoms with Gasteiger partial charge >= 0.3 is 6.18 Å². The minimum absolute atomic E-state index is 0.0340. The van der Waals surface area contributed by atoms with Gasteiger partial charge < -0.3 is 9.88 Å². The molecule has 0 unspecified atom stereocenters. The fourth-order valence-corrected chi connectivity index (χ4v) is 4.92. The van der Waals surface area contributed by atoms with Gasteiger partial charge in [0.25, 0.3) is 5.91 Å². The topological polar surface area (TPSA) is 104 Å². The van der Waals surface area contributed by atoms with Gasteiger partial charge in [0.15, 0.2) is 0 Å². The Labute approximate surface area is 173 Å². The minimum Gasteiger partial charge on any atom is -0.344 e. The number of anilines is 1. The van der Waals surface area contributed by atoms with Crippen molar-refractivity contribution in [3.63, 3.8) is 0 Å². The number of alkyl halides is 3. The molecule has 1 aromatic heterocycles. The van der Waals surface area contributed by atoms with E-state index >= 15 is 0 Å². The van der Waals surface area contributed by atoms with Crippen molar-refractivity contribution in [1.29, 1.82) is 5.26 Å². The van der Waals surface area contributed by atoms with Crippen LogP contribution in [0.2, 0.25) is 5.02 Å². The lowest BCUT2D eigenvalue weighted by Crippen LogP contribution is -2.47. The van der Waals surface area contributed by atoms with Crippen molar-refractivity contribution in [1.82, 2.24) is 9.29 Å². The third-order valence-corrected chi connectivity index (χ3v) is 6.60. The number of benzene rings is 1. The summed E-state index contributed by atoms with van der Waals surface area (Å²) < 4.78 is 80.4. The number of nitrogens with zero attached hydrogens (tertiary/aromatic N) is 2. The van der Waals surface area contributed by atoms with E-state index in [1.165, 1.54) is 13.1 Å². The van der Waals surface area contributed by atoms with Gasteiger partial charge in [-0.3, -0.25) is 4.79 Å². The predicted molar refractivity (Wildman–Crippen MR) is 97.8 cm³/mol. The maximum atomic E-state index is 13.4. The van der Waals surface area contributed by atoms with E-state index < -0.39 is 56.2 Å². The monoisotopic (exact) mass is 464 g/mol. The molecule has 1 fully saturated rings. The van der Waals surface area contributed by atoms with Crippen molar-refractivity contribution >= 4 is 33.2 Å². The molecule has 0 saturated heterocycles. The van der Waals surface area contributed by atoms with Crippen LogP contribution in [0.4, 0.5) is 23.2 Å². The molecule has 1 aliphatic carbocycles. The highest BCUT2D eigenvalue weighted by molar-refractivity contribution is 7.89. The van der Waals surface area contributed by atoms with Crippen LogP contribution in [0.1, 0.15) is 28.9 Å². The summed E-state index contributed by atoms with van der Waals surface area (Å²) in [5.41, 5.74) is -3.20. The van der Waals surface area contributed by atoms with E-state index in [1.54, 1.807) is 10.8 Å². The van der Waals surface area contributed by atoms with Crippen molar-refractivity contribution in [2.45, 2.75) is 29.5 Å². The lowest BCUT2D eigenvalue weighted by molar-refractivity contribution is -0.160. The number of hydrogen-bond donors (Lipinski definition) is 2. The van der Waals surface area contributed by atoms with E-state index in [-0.39, 0.29) is 16.9 Å². The van der Waals surface area contributed by atoms with Crippen LogP contribution in [0, 0.1) is 17.1 Å². The Bertz CT molecular complexity index is 1180. The summed E-state index contributed by atoms with van der Waals surface area (Å²) in [6.45, 7) is 0. The van der Waals surface area contributed by atoms with Crippen molar-refractivity contribution in [3.05, 3.63) is 46.5 Å². The molecular weight excluding hydrogens is 452 g/mol. The molecular formula is C17H13ClF4N4O3S. The van der Waals surface area contributed by atoms with Gasteiger partial charge in [-0.1, -0.05) is 11.6 Å². The van der Waals surface area contributed by atoms with Crippen molar-refractivity contribution in [2.24, 2.45) is 7.05 Å². The largest absolute Gasteiger partial charge is 0.407 e. The molecule has 3 rings (SSSR count). The summed E-state index contributed by atoms with van der Waals surface area (Å²) in [6.07, 6.45) is -4.67. The fraction of sp³-hybridized carbons (Fsp3) is 0.294. The van der Waals surface area contributed by atoms with Crippen LogP contribution in [0.15, 0.2) is 29.3 Å². The second-order valence-electron chi connectivity index (χ2n) is 6.71. The standard InChI is InChI=1S/C17H13ClF4N4O3S/c1-26-8-12(30(28,29)25-16(4-5-16)17(20,21)22)13(18)14(26)15(27)24-10-2-3-11(19)9(6-10)7-23/h2-3,6,8,25H,4-5H2,1H3,(H,24,27). The molecule has 1 aliphatic rings. The molecule has 0 aliphatic heterocycles. The van der Waals surface area contributed by atoms with Crippen LogP contribution in [-0.4, -0.2) is 30.6 Å². The highest BCUT2D eigenvalue weighted by atomic mass is 35.5. The first-order chi connectivity index (χ1) is 13.8. The molecule has 2 N–H and O–H groups in total.